The second kappa shape index (κ2) is 9.00. The first kappa shape index (κ1) is 17.1. The first-order valence-corrected chi connectivity index (χ1v) is 8.61. The summed E-state index contributed by atoms with van der Waals surface area (Å²) in [6.07, 6.45) is 4.62. The molecule has 0 atom stereocenters. The Morgan fingerprint density at radius 1 is 1.17 bits per heavy atom. The lowest BCUT2D eigenvalue weighted by Gasteiger charge is -2.05. The van der Waals surface area contributed by atoms with E-state index in [9.17, 15) is 4.79 Å². The van der Waals surface area contributed by atoms with E-state index in [1.807, 2.05) is 54.8 Å². The van der Waals surface area contributed by atoms with Crippen molar-refractivity contribution in [3.8, 4) is 5.75 Å². The molecule has 0 aromatic heterocycles. The number of aryl methyl sites for hydroxylation is 1. The lowest BCUT2D eigenvalue weighted by molar-refractivity contribution is -0.123. The molecule has 5 heteroatoms. The molecule has 0 bridgehead atoms. The summed E-state index contributed by atoms with van der Waals surface area (Å²) in [4.78, 5) is 12.9. The van der Waals surface area contributed by atoms with Crippen LogP contribution in [0.3, 0.4) is 0 Å². The fourth-order valence-corrected chi connectivity index (χ4v) is 2.28. The highest BCUT2D eigenvalue weighted by Gasteiger charge is 2.01. The van der Waals surface area contributed by atoms with Crippen LogP contribution in [0.4, 0.5) is 0 Å². The second-order valence-corrected chi connectivity index (χ2v) is 5.73. The summed E-state index contributed by atoms with van der Waals surface area (Å²) in [6, 6.07) is 15.6. The van der Waals surface area contributed by atoms with E-state index >= 15 is 0 Å². The Morgan fingerprint density at radius 3 is 2.48 bits per heavy atom. The molecule has 0 unspecified atom stereocenters. The van der Waals surface area contributed by atoms with Gasteiger partial charge in [0.15, 0.2) is 6.61 Å². The van der Waals surface area contributed by atoms with Gasteiger partial charge in [0.2, 0.25) is 0 Å². The van der Waals surface area contributed by atoms with E-state index < -0.39 is 0 Å². The molecule has 23 heavy (non-hydrogen) atoms. The Labute approximate surface area is 140 Å². The second-order valence-electron chi connectivity index (χ2n) is 4.85. The van der Waals surface area contributed by atoms with Crippen molar-refractivity contribution < 1.29 is 9.53 Å². The number of rotatable bonds is 7. The minimum Gasteiger partial charge on any atom is -0.484 e. The number of thioether (sulfide) groups is 1. The minimum atomic E-state index is -0.290. The number of carbonyl (C=O) groups is 1. The normalized spacial score (nSPS) is 10.7. The van der Waals surface area contributed by atoms with Gasteiger partial charge >= 0.3 is 0 Å². The number of hydrogen-bond donors (Lipinski definition) is 1. The molecule has 0 radical (unpaired) electrons. The smallest absolute Gasteiger partial charge is 0.277 e. The van der Waals surface area contributed by atoms with Gasteiger partial charge in [-0.25, -0.2) is 5.43 Å². The number of amides is 1. The van der Waals surface area contributed by atoms with Crippen molar-refractivity contribution in [1.82, 2.24) is 5.43 Å². The van der Waals surface area contributed by atoms with Gasteiger partial charge < -0.3 is 4.74 Å². The third-order valence-corrected chi connectivity index (χ3v) is 3.96. The van der Waals surface area contributed by atoms with Gasteiger partial charge in [0.25, 0.3) is 5.91 Å². The summed E-state index contributed by atoms with van der Waals surface area (Å²) in [5.41, 5.74) is 4.62. The van der Waals surface area contributed by atoms with Crippen LogP contribution in [-0.2, 0) is 11.2 Å². The maximum atomic E-state index is 11.7. The number of benzene rings is 2. The highest BCUT2D eigenvalue weighted by molar-refractivity contribution is 7.98. The maximum Gasteiger partial charge on any atom is 0.277 e. The molecule has 0 aliphatic rings. The molecule has 2 aromatic carbocycles. The molecule has 1 N–H and O–H groups in total. The fraction of sp³-hybridized carbons (Fsp3) is 0.222. The van der Waals surface area contributed by atoms with Crippen molar-refractivity contribution in [2.45, 2.75) is 18.2 Å². The highest BCUT2D eigenvalue weighted by Crippen LogP contribution is 2.14. The van der Waals surface area contributed by atoms with Gasteiger partial charge in [-0.15, -0.1) is 11.8 Å². The van der Waals surface area contributed by atoms with Crippen LogP contribution in [0.25, 0.3) is 0 Å². The molecule has 0 aliphatic carbocycles. The summed E-state index contributed by atoms with van der Waals surface area (Å²) in [5.74, 6) is 0.385. The van der Waals surface area contributed by atoms with Gasteiger partial charge in [0, 0.05) is 4.90 Å². The lowest BCUT2D eigenvalue weighted by atomic mass is 10.2. The SMILES string of the molecule is CCc1ccc(OCC(=O)NN=Cc2ccc(SC)cc2)cc1. The van der Waals surface area contributed by atoms with Gasteiger partial charge in [-0.3, -0.25) is 4.79 Å². The predicted molar refractivity (Wildman–Crippen MR) is 95.3 cm³/mol. The van der Waals surface area contributed by atoms with Crippen LogP contribution in [0.5, 0.6) is 5.75 Å². The summed E-state index contributed by atoms with van der Waals surface area (Å²) in [7, 11) is 0. The number of carbonyl (C=O) groups excluding carboxylic acids is 1. The van der Waals surface area contributed by atoms with Crippen LogP contribution in [0.2, 0.25) is 0 Å². The molecule has 120 valence electrons. The number of nitrogens with one attached hydrogen (secondary N) is 1. The van der Waals surface area contributed by atoms with E-state index in [1.165, 1.54) is 10.5 Å². The largest absolute Gasteiger partial charge is 0.484 e. The Hall–Kier alpha value is -2.27. The zero-order valence-corrected chi connectivity index (χ0v) is 14.1. The van der Waals surface area contributed by atoms with Gasteiger partial charge in [-0.2, -0.15) is 5.10 Å². The number of ether oxygens (including phenoxy) is 1. The minimum absolute atomic E-state index is 0.0613. The van der Waals surface area contributed by atoms with Gasteiger partial charge in [0.1, 0.15) is 5.75 Å². The molecule has 1 amide bonds. The number of hydrazone groups is 1. The molecule has 0 spiro atoms. The standard InChI is InChI=1S/C18H20N2O2S/c1-3-14-4-8-16(9-5-14)22-13-18(21)20-19-12-15-6-10-17(23-2)11-7-15/h4-12H,3,13H2,1-2H3,(H,20,21). The van der Waals surface area contributed by atoms with Crippen LogP contribution in [0.15, 0.2) is 58.5 Å². The highest BCUT2D eigenvalue weighted by atomic mass is 32.2. The van der Waals surface area contributed by atoms with E-state index in [-0.39, 0.29) is 12.5 Å². The molecule has 2 rings (SSSR count). The lowest BCUT2D eigenvalue weighted by Crippen LogP contribution is -2.24. The van der Waals surface area contributed by atoms with Gasteiger partial charge in [-0.1, -0.05) is 31.2 Å². The van der Waals surface area contributed by atoms with Crippen LogP contribution < -0.4 is 10.2 Å². The van der Waals surface area contributed by atoms with Crippen LogP contribution in [-0.4, -0.2) is 25.0 Å². The number of hydrogen-bond acceptors (Lipinski definition) is 4. The molecule has 0 aliphatic heterocycles. The Morgan fingerprint density at radius 2 is 1.87 bits per heavy atom. The molecular formula is C18H20N2O2S. The van der Waals surface area contributed by atoms with E-state index in [2.05, 4.69) is 17.5 Å². The average molecular weight is 328 g/mol. The van der Waals surface area contributed by atoms with Crippen LogP contribution in [0.1, 0.15) is 18.1 Å². The maximum absolute atomic E-state index is 11.7. The molecule has 0 saturated heterocycles. The Kier molecular flexibility index (Phi) is 6.69. The summed E-state index contributed by atoms with van der Waals surface area (Å²) < 4.78 is 5.41. The predicted octanol–water partition coefficient (Wildman–Crippen LogP) is 3.50. The van der Waals surface area contributed by atoms with Crippen molar-refractivity contribution in [2.75, 3.05) is 12.9 Å². The van der Waals surface area contributed by atoms with Gasteiger partial charge in [0.05, 0.1) is 6.21 Å². The third kappa shape index (κ3) is 5.79. The van der Waals surface area contributed by atoms with E-state index in [4.69, 9.17) is 4.74 Å². The molecule has 4 nitrogen and oxygen atoms in total. The molecular weight excluding hydrogens is 308 g/mol. The monoisotopic (exact) mass is 328 g/mol. The number of nitrogens with zero attached hydrogens (tertiary/aromatic N) is 1. The molecule has 0 saturated carbocycles. The summed E-state index contributed by atoms with van der Waals surface area (Å²) >= 11 is 1.68. The Bertz CT molecular complexity index is 652. The molecule has 2 aromatic rings. The van der Waals surface area contributed by atoms with Crippen LogP contribution in [0, 0.1) is 0 Å². The third-order valence-electron chi connectivity index (χ3n) is 3.22. The van der Waals surface area contributed by atoms with Crippen molar-refractivity contribution in [3.63, 3.8) is 0 Å². The topological polar surface area (TPSA) is 50.7 Å². The van der Waals surface area contributed by atoms with Crippen LogP contribution >= 0.6 is 11.8 Å². The van der Waals surface area contributed by atoms with Gasteiger partial charge in [-0.05, 0) is 48.1 Å². The summed E-state index contributed by atoms with van der Waals surface area (Å²) in [5, 5.41) is 3.93. The molecule has 0 heterocycles. The Balaban J connectivity index is 1.76. The van der Waals surface area contributed by atoms with Crippen molar-refractivity contribution >= 4 is 23.9 Å². The van der Waals surface area contributed by atoms with E-state index in [0.717, 1.165) is 12.0 Å². The first-order chi connectivity index (χ1) is 11.2. The molecule has 0 fully saturated rings. The quantitative estimate of drug-likeness (QED) is 0.481. The van der Waals surface area contributed by atoms with E-state index in [0.29, 0.717) is 5.75 Å². The zero-order chi connectivity index (χ0) is 16.5. The summed E-state index contributed by atoms with van der Waals surface area (Å²) in [6.45, 7) is 2.03. The average Bonchev–Trinajstić information content (AvgIpc) is 2.61. The zero-order valence-electron chi connectivity index (χ0n) is 13.3. The fourth-order valence-electron chi connectivity index (χ4n) is 1.87. The van der Waals surface area contributed by atoms with Crippen molar-refractivity contribution in [3.05, 3.63) is 59.7 Å². The first-order valence-electron chi connectivity index (χ1n) is 7.39. The van der Waals surface area contributed by atoms with E-state index in [1.54, 1.807) is 18.0 Å². The van der Waals surface area contributed by atoms with Crippen molar-refractivity contribution in [1.29, 1.82) is 0 Å². The van der Waals surface area contributed by atoms with Crippen molar-refractivity contribution in [2.24, 2.45) is 5.10 Å².